The molecule has 7 nitrogen and oxygen atoms in total. The molecule has 2 aromatic heterocycles. The van der Waals surface area contributed by atoms with E-state index in [9.17, 15) is 9.59 Å². The summed E-state index contributed by atoms with van der Waals surface area (Å²) in [7, 11) is 0. The van der Waals surface area contributed by atoms with Crippen molar-refractivity contribution in [2.24, 2.45) is 0 Å². The van der Waals surface area contributed by atoms with Gasteiger partial charge in [0, 0.05) is 5.56 Å². The Kier molecular flexibility index (Phi) is 3.84. The zero-order valence-electron chi connectivity index (χ0n) is 13.1. The Bertz CT molecular complexity index is 1270. The number of H-pyrrole nitrogens is 2. The van der Waals surface area contributed by atoms with Crippen molar-refractivity contribution >= 4 is 27.4 Å². The van der Waals surface area contributed by atoms with E-state index >= 15 is 0 Å². The molecule has 0 unspecified atom stereocenters. The first kappa shape index (κ1) is 15.8. The van der Waals surface area contributed by atoms with Crippen LogP contribution in [0.25, 0.3) is 25.8 Å². The lowest BCUT2D eigenvalue weighted by atomic mass is 10.2. The van der Waals surface area contributed by atoms with Crippen molar-refractivity contribution in [2.75, 3.05) is 0 Å². The van der Waals surface area contributed by atoms with Gasteiger partial charge in [0.25, 0.3) is 5.56 Å². The Morgan fingerprint density at radius 3 is 2.65 bits per heavy atom. The number of hydrogen-bond donors (Lipinski definition) is 2. The molecule has 126 valence electrons. The summed E-state index contributed by atoms with van der Waals surface area (Å²) >= 11 is 1.18. The molecule has 0 saturated heterocycles. The molecule has 0 saturated carbocycles. The molecule has 0 aliphatic rings. The van der Waals surface area contributed by atoms with Crippen molar-refractivity contribution in [3.8, 4) is 22.1 Å². The molecule has 8 heteroatoms. The van der Waals surface area contributed by atoms with Crippen LogP contribution in [0.1, 0.15) is 0 Å². The van der Waals surface area contributed by atoms with E-state index in [0.717, 1.165) is 0 Å². The number of rotatable bonds is 3. The van der Waals surface area contributed by atoms with Crippen molar-refractivity contribution in [2.45, 2.75) is 0 Å². The van der Waals surface area contributed by atoms with Crippen LogP contribution in [0.5, 0.6) is 11.5 Å². The molecule has 26 heavy (non-hydrogen) atoms. The smallest absolute Gasteiger partial charge is 0.326 e. The maximum absolute atomic E-state index is 11.8. The highest BCUT2D eigenvalue weighted by atomic mass is 32.1. The first-order valence-corrected chi connectivity index (χ1v) is 8.33. The second-order valence-electron chi connectivity index (χ2n) is 5.31. The molecule has 0 amide bonds. The fourth-order valence-electron chi connectivity index (χ4n) is 2.42. The van der Waals surface area contributed by atoms with Gasteiger partial charge in [-0.05, 0) is 24.3 Å². The minimum Gasteiger partial charge on any atom is -0.468 e. The van der Waals surface area contributed by atoms with E-state index in [1.165, 1.54) is 11.3 Å². The Balaban J connectivity index is 1.77. The van der Waals surface area contributed by atoms with Crippen LogP contribution in [-0.2, 0) is 0 Å². The van der Waals surface area contributed by atoms with Gasteiger partial charge in [-0.15, -0.1) is 0 Å². The van der Waals surface area contributed by atoms with Crippen LogP contribution in [0.15, 0.2) is 58.1 Å². The van der Waals surface area contributed by atoms with Gasteiger partial charge < -0.3 is 4.74 Å². The summed E-state index contributed by atoms with van der Waals surface area (Å²) in [4.78, 5) is 36.1. The van der Waals surface area contributed by atoms with Crippen LogP contribution < -0.4 is 16.0 Å². The summed E-state index contributed by atoms with van der Waals surface area (Å²) < 4.78 is 5.75. The van der Waals surface area contributed by atoms with Crippen LogP contribution in [0.4, 0.5) is 5.69 Å². The number of hydrogen-bond acceptors (Lipinski definition) is 5. The third-order valence-electron chi connectivity index (χ3n) is 3.59. The van der Waals surface area contributed by atoms with Gasteiger partial charge in [0.2, 0.25) is 5.69 Å². The van der Waals surface area contributed by atoms with Crippen molar-refractivity contribution < 1.29 is 4.74 Å². The number of aromatic amines is 2. The fraction of sp³-hybridized carbons (Fsp3) is 0. The minimum atomic E-state index is -0.578. The van der Waals surface area contributed by atoms with Gasteiger partial charge >= 0.3 is 5.69 Å². The van der Waals surface area contributed by atoms with Crippen LogP contribution >= 0.6 is 11.3 Å². The maximum Gasteiger partial charge on any atom is 0.326 e. The van der Waals surface area contributed by atoms with Gasteiger partial charge in [-0.3, -0.25) is 14.8 Å². The standard InChI is InChI=1S/C18H10N4O3S/c1-19-12-9-10(7-8-13(12)25-11-5-3-2-4-6-11)16-20-14-15(23)21-18(24)22-17(14)26-16/h2-9H,(H2,21,22,23,24). The molecular formula is C18H10N4O3S. The largest absolute Gasteiger partial charge is 0.468 e. The molecule has 4 aromatic rings. The van der Waals surface area contributed by atoms with E-state index < -0.39 is 11.2 Å². The lowest BCUT2D eigenvalue weighted by Gasteiger charge is -2.08. The number of nitrogens with zero attached hydrogens (tertiary/aromatic N) is 2. The van der Waals surface area contributed by atoms with Crippen molar-refractivity contribution in [3.63, 3.8) is 0 Å². The third kappa shape index (κ3) is 2.87. The van der Waals surface area contributed by atoms with Crippen LogP contribution in [0.3, 0.4) is 0 Å². The highest BCUT2D eigenvalue weighted by Crippen LogP contribution is 2.37. The van der Waals surface area contributed by atoms with Crippen LogP contribution in [-0.4, -0.2) is 15.0 Å². The lowest BCUT2D eigenvalue weighted by molar-refractivity contribution is 0.485. The topological polar surface area (TPSA) is 92.2 Å². The Labute approximate surface area is 150 Å². The molecule has 2 aromatic carbocycles. The Morgan fingerprint density at radius 2 is 1.88 bits per heavy atom. The first-order chi connectivity index (χ1) is 12.6. The molecular weight excluding hydrogens is 352 g/mol. The van der Waals surface area contributed by atoms with Crippen molar-refractivity contribution in [1.29, 1.82) is 0 Å². The first-order valence-electron chi connectivity index (χ1n) is 7.52. The fourth-order valence-corrected chi connectivity index (χ4v) is 3.37. The summed E-state index contributed by atoms with van der Waals surface area (Å²) in [6.45, 7) is 7.40. The van der Waals surface area contributed by atoms with E-state index in [4.69, 9.17) is 11.3 Å². The van der Waals surface area contributed by atoms with Crippen LogP contribution in [0, 0.1) is 6.57 Å². The summed E-state index contributed by atoms with van der Waals surface area (Å²) in [6, 6.07) is 14.3. The Hall–Kier alpha value is -3.70. The number of aromatic nitrogens is 3. The highest BCUT2D eigenvalue weighted by molar-refractivity contribution is 7.21. The number of thiazole rings is 1. The van der Waals surface area contributed by atoms with E-state index in [2.05, 4.69) is 19.8 Å². The summed E-state index contributed by atoms with van der Waals surface area (Å²) in [5.74, 6) is 1.07. The lowest BCUT2D eigenvalue weighted by Crippen LogP contribution is -2.21. The molecule has 0 aliphatic heterocycles. The highest BCUT2D eigenvalue weighted by Gasteiger charge is 2.13. The quantitative estimate of drug-likeness (QED) is 0.544. The normalized spacial score (nSPS) is 10.6. The van der Waals surface area contributed by atoms with Crippen LogP contribution in [0.2, 0.25) is 0 Å². The minimum absolute atomic E-state index is 0.165. The van der Waals surface area contributed by atoms with E-state index in [1.807, 2.05) is 18.2 Å². The average molecular weight is 362 g/mol. The monoisotopic (exact) mass is 362 g/mol. The number of fused-ring (bicyclic) bond motifs is 1. The third-order valence-corrected chi connectivity index (χ3v) is 4.61. The molecule has 0 atom stereocenters. The molecule has 0 spiro atoms. The van der Waals surface area contributed by atoms with Crippen molar-refractivity contribution in [3.05, 3.63) is 80.8 Å². The number of benzene rings is 2. The van der Waals surface area contributed by atoms with Gasteiger partial charge in [-0.2, -0.15) is 0 Å². The summed E-state index contributed by atoms with van der Waals surface area (Å²) in [5, 5.41) is 0.531. The number of para-hydroxylation sites is 1. The van der Waals surface area contributed by atoms with E-state index in [-0.39, 0.29) is 5.52 Å². The Morgan fingerprint density at radius 1 is 1.08 bits per heavy atom. The second-order valence-corrected chi connectivity index (χ2v) is 6.31. The van der Waals surface area contributed by atoms with Gasteiger partial charge in [-0.25, -0.2) is 14.6 Å². The predicted octanol–water partition coefficient (Wildman–Crippen LogP) is 3.68. The summed E-state index contributed by atoms with van der Waals surface area (Å²) in [6.07, 6.45) is 0. The molecule has 0 aliphatic carbocycles. The SMILES string of the molecule is [C-]#[N+]c1cc(-c2nc3c(=O)[nH]c(=O)[nH]c3s2)ccc1Oc1ccccc1. The molecule has 4 rings (SSSR count). The zero-order valence-corrected chi connectivity index (χ0v) is 14.0. The second kappa shape index (κ2) is 6.31. The number of nitrogens with one attached hydrogen (secondary N) is 2. The molecule has 2 N–H and O–H groups in total. The molecule has 0 bridgehead atoms. The molecule has 0 fully saturated rings. The molecule has 2 heterocycles. The van der Waals surface area contributed by atoms with Gasteiger partial charge in [0.15, 0.2) is 5.52 Å². The summed E-state index contributed by atoms with van der Waals surface area (Å²) in [5.41, 5.74) is 0.0382. The van der Waals surface area contributed by atoms with Gasteiger partial charge in [0.05, 0.1) is 6.57 Å². The number of ether oxygens (including phenoxy) is 1. The predicted molar refractivity (Wildman–Crippen MR) is 99.1 cm³/mol. The van der Waals surface area contributed by atoms with Crippen molar-refractivity contribution in [1.82, 2.24) is 15.0 Å². The van der Waals surface area contributed by atoms with E-state index in [0.29, 0.717) is 32.6 Å². The van der Waals surface area contributed by atoms with Gasteiger partial charge in [-0.1, -0.05) is 35.6 Å². The maximum atomic E-state index is 11.8. The molecule has 0 radical (unpaired) electrons. The average Bonchev–Trinajstić information content (AvgIpc) is 3.07. The zero-order chi connectivity index (χ0) is 18.1. The van der Waals surface area contributed by atoms with Gasteiger partial charge in [0.1, 0.15) is 21.3 Å². The van der Waals surface area contributed by atoms with E-state index in [1.54, 1.807) is 30.3 Å².